The highest BCUT2D eigenvalue weighted by Gasteiger charge is 2.42. The molecular formula is C26H28ClN5O3. The number of hydrogen-bond donors (Lipinski definition) is 0. The van der Waals surface area contributed by atoms with Crippen LogP contribution < -0.4 is 9.64 Å². The lowest BCUT2D eigenvalue weighted by atomic mass is 10.0. The van der Waals surface area contributed by atoms with Crippen LogP contribution in [0.1, 0.15) is 12.5 Å². The summed E-state index contributed by atoms with van der Waals surface area (Å²) in [6.45, 7) is 5.64. The first-order chi connectivity index (χ1) is 16.9. The van der Waals surface area contributed by atoms with Gasteiger partial charge < -0.3 is 14.5 Å². The smallest absolute Gasteiger partial charge is 0.344 e. The maximum Gasteiger partial charge on any atom is 0.344 e. The van der Waals surface area contributed by atoms with Crippen molar-refractivity contribution in [2.75, 3.05) is 38.1 Å². The minimum Gasteiger partial charge on any atom is -0.456 e. The molecule has 9 heteroatoms. The number of carbonyl (C=O) groups is 2. The van der Waals surface area contributed by atoms with Gasteiger partial charge in [0.15, 0.2) is 0 Å². The summed E-state index contributed by atoms with van der Waals surface area (Å²) in [6.07, 6.45) is 3.16. The summed E-state index contributed by atoms with van der Waals surface area (Å²) < 4.78 is 7.31. The molecule has 2 unspecified atom stereocenters. The van der Waals surface area contributed by atoms with Crippen LogP contribution in [0.4, 0.5) is 10.5 Å². The molecule has 8 nitrogen and oxygen atoms in total. The van der Waals surface area contributed by atoms with Gasteiger partial charge in [0.1, 0.15) is 11.5 Å². The van der Waals surface area contributed by atoms with Gasteiger partial charge in [-0.1, -0.05) is 35.9 Å². The normalized spacial score (nSPS) is 19.6. The quantitative estimate of drug-likeness (QED) is 0.528. The predicted octanol–water partition coefficient (Wildman–Crippen LogP) is 4.34. The predicted molar refractivity (Wildman–Crippen MR) is 134 cm³/mol. The summed E-state index contributed by atoms with van der Waals surface area (Å²) in [7, 11) is 1.67. The van der Waals surface area contributed by atoms with Crippen molar-refractivity contribution in [3.63, 3.8) is 0 Å². The zero-order valence-corrected chi connectivity index (χ0v) is 20.6. The number of amides is 2. The van der Waals surface area contributed by atoms with Crippen LogP contribution in [0.2, 0.25) is 5.02 Å². The number of aromatic nitrogens is 2. The number of hydrogen-bond acceptors (Lipinski definition) is 5. The summed E-state index contributed by atoms with van der Waals surface area (Å²) in [5.74, 6) is 2.19. The van der Waals surface area contributed by atoms with Gasteiger partial charge in [-0.05, 0) is 41.7 Å². The van der Waals surface area contributed by atoms with E-state index in [1.807, 2.05) is 41.3 Å². The van der Waals surface area contributed by atoms with Gasteiger partial charge in [0, 0.05) is 46.7 Å². The Morgan fingerprint density at radius 2 is 1.83 bits per heavy atom. The first-order valence-electron chi connectivity index (χ1n) is 11.7. The van der Waals surface area contributed by atoms with E-state index in [1.165, 1.54) is 22.1 Å². The number of ether oxygens (including phenoxy) is 1. The molecule has 2 aliphatic rings. The molecule has 0 N–H and O–H groups in total. The van der Waals surface area contributed by atoms with Crippen molar-refractivity contribution < 1.29 is 14.3 Å². The monoisotopic (exact) mass is 493 g/mol. The Morgan fingerprint density at radius 3 is 2.54 bits per heavy atom. The number of carbonyl (C=O) groups excluding carboxylic acids is 2. The maximum absolute atomic E-state index is 13.0. The molecule has 0 spiro atoms. The summed E-state index contributed by atoms with van der Waals surface area (Å²) in [5.41, 5.74) is 1.79. The summed E-state index contributed by atoms with van der Waals surface area (Å²) >= 11 is 6.22. The standard InChI is InChI=1S/C26H28ClN5O3/c1-18(33)29(2)22-11-28-32(17-22)26(34)31-15-20-13-30(14-21(20)16-31)12-19-6-5-7-23(10-19)35-25-9-4-3-8-24(25)27/h3-11,17,20-21H,12-16H2,1-2H3. The molecule has 3 heterocycles. The Labute approximate surface area is 209 Å². The number of anilines is 1. The first-order valence-corrected chi connectivity index (χ1v) is 12.1. The van der Waals surface area contributed by atoms with Crippen molar-refractivity contribution in [3.8, 4) is 11.5 Å². The fraction of sp³-hybridized carbons (Fsp3) is 0.346. The fourth-order valence-corrected chi connectivity index (χ4v) is 5.09. The van der Waals surface area contributed by atoms with Gasteiger partial charge >= 0.3 is 6.03 Å². The molecule has 182 valence electrons. The van der Waals surface area contributed by atoms with E-state index in [0.29, 0.717) is 41.4 Å². The molecule has 2 amide bonds. The second-order valence-electron chi connectivity index (χ2n) is 9.30. The molecule has 1 aromatic heterocycles. The third-order valence-corrected chi connectivity index (χ3v) is 7.14. The second kappa shape index (κ2) is 9.71. The minimum atomic E-state index is -0.140. The van der Waals surface area contributed by atoms with Gasteiger partial charge in [0.25, 0.3) is 0 Å². The van der Waals surface area contributed by atoms with Crippen molar-refractivity contribution in [2.45, 2.75) is 13.5 Å². The molecule has 0 aliphatic carbocycles. The van der Waals surface area contributed by atoms with Crippen molar-refractivity contribution in [3.05, 3.63) is 71.5 Å². The Kier molecular flexibility index (Phi) is 6.49. The maximum atomic E-state index is 13.0. The average Bonchev–Trinajstić information content (AvgIpc) is 3.55. The van der Waals surface area contributed by atoms with Gasteiger partial charge in [-0.3, -0.25) is 9.69 Å². The third kappa shape index (κ3) is 5.04. The molecule has 2 aliphatic heterocycles. The summed E-state index contributed by atoms with van der Waals surface area (Å²) in [4.78, 5) is 30.3. The Hall–Kier alpha value is -3.36. The summed E-state index contributed by atoms with van der Waals surface area (Å²) in [5, 5.41) is 4.76. The topological polar surface area (TPSA) is 70.9 Å². The highest BCUT2D eigenvalue weighted by Crippen LogP contribution is 2.33. The fourth-order valence-electron chi connectivity index (χ4n) is 4.91. The average molecular weight is 494 g/mol. The Morgan fingerprint density at radius 1 is 1.09 bits per heavy atom. The van der Waals surface area contributed by atoms with Gasteiger partial charge in [0.05, 0.1) is 23.1 Å². The van der Waals surface area contributed by atoms with Crippen molar-refractivity contribution in [1.29, 1.82) is 0 Å². The minimum absolute atomic E-state index is 0.103. The van der Waals surface area contributed by atoms with Crippen LogP contribution in [0.25, 0.3) is 0 Å². The van der Waals surface area contributed by atoms with Crippen LogP contribution in [-0.2, 0) is 11.3 Å². The van der Waals surface area contributed by atoms with Gasteiger partial charge in [-0.25, -0.2) is 4.79 Å². The number of likely N-dealkylation sites (tertiary alicyclic amines) is 2. The van der Waals surface area contributed by atoms with Crippen LogP contribution in [-0.4, -0.2) is 64.7 Å². The van der Waals surface area contributed by atoms with E-state index < -0.39 is 0 Å². The summed E-state index contributed by atoms with van der Waals surface area (Å²) in [6, 6.07) is 15.4. The van der Waals surface area contributed by atoms with E-state index in [-0.39, 0.29) is 11.9 Å². The number of fused-ring (bicyclic) bond motifs is 1. The first kappa shape index (κ1) is 23.4. The molecular weight excluding hydrogens is 466 g/mol. The van der Waals surface area contributed by atoms with Crippen LogP contribution in [0.15, 0.2) is 60.9 Å². The van der Waals surface area contributed by atoms with E-state index in [0.717, 1.165) is 25.4 Å². The number of para-hydroxylation sites is 1. The van der Waals surface area contributed by atoms with E-state index in [4.69, 9.17) is 16.3 Å². The van der Waals surface area contributed by atoms with Crippen molar-refractivity contribution >= 4 is 29.2 Å². The lowest BCUT2D eigenvalue weighted by Crippen LogP contribution is -2.36. The molecule has 2 fully saturated rings. The number of rotatable bonds is 5. The van der Waals surface area contributed by atoms with Crippen LogP contribution >= 0.6 is 11.6 Å². The molecule has 2 atom stereocenters. The lowest BCUT2D eigenvalue weighted by molar-refractivity contribution is -0.116. The number of halogens is 1. The van der Waals surface area contributed by atoms with E-state index in [1.54, 1.807) is 19.4 Å². The van der Waals surface area contributed by atoms with E-state index in [2.05, 4.69) is 22.1 Å². The molecule has 2 saturated heterocycles. The molecule has 0 radical (unpaired) electrons. The zero-order chi connectivity index (χ0) is 24.5. The lowest BCUT2D eigenvalue weighted by Gasteiger charge is -2.21. The van der Waals surface area contributed by atoms with E-state index >= 15 is 0 Å². The van der Waals surface area contributed by atoms with Crippen molar-refractivity contribution in [1.82, 2.24) is 19.6 Å². The van der Waals surface area contributed by atoms with Crippen LogP contribution in [0.5, 0.6) is 11.5 Å². The Balaban J connectivity index is 1.16. The third-order valence-electron chi connectivity index (χ3n) is 6.83. The van der Waals surface area contributed by atoms with Gasteiger partial charge in [-0.2, -0.15) is 9.78 Å². The van der Waals surface area contributed by atoms with Crippen molar-refractivity contribution in [2.24, 2.45) is 11.8 Å². The van der Waals surface area contributed by atoms with Gasteiger partial charge in [0.2, 0.25) is 5.91 Å². The SMILES string of the molecule is CC(=O)N(C)c1cnn(C(=O)N2CC3CN(Cc4cccc(Oc5ccccc5Cl)c4)CC3C2)c1. The molecule has 0 saturated carbocycles. The highest BCUT2D eigenvalue weighted by molar-refractivity contribution is 6.32. The number of benzene rings is 2. The highest BCUT2D eigenvalue weighted by atomic mass is 35.5. The molecule has 3 aromatic rings. The second-order valence-corrected chi connectivity index (χ2v) is 9.71. The molecule has 2 aromatic carbocycles. The van der Waals surface area contributed by atoms with Gasteiger partial charge in [-0.15, -0.1) is 0 Å². The largest absolute Gasteiger partial charge is 0.456 e. The van der Waals surface area contributed by atoms with E-state index in [9.17, 15) is 9.59 Å². The molecule has 0 bridgehead atoms. The van der Waals surface area contributed by atoms with Crippen LogP contribution in [0.3, 0.4) is 0 Å². The number of nitrogens with zero attached hydrogens (tertiary/aromatic N) is 5. The zero-order valence-electron chi connectivity index (χ0n) is 19.8. The molecule has 35 heavy (non-hydrogen) atoms. The molecule has 5 rings (SSSR count). The van der Waals surface area contributed by atoms with Crippen LogP contribution in [0, 0.1) is 11.8 Å². The Bertz CT molecular complexity index is 1230.